The lowest BCUT2D eigenvalue weighted by Gasteiger charge is -2.39. The van der Waals surface area contributed by atoms with Crippen molar-refractivity contribution in [1.29, 1.82) is 0 Å². The maximum Gasteiger partial charge on any atom is 0.169 e. The average Bonchev–Trinajstić information content (AvgIpc) is 2.04. The second kappa shape index (κ2) is 3.32. The number of rotatable bonds is 3. The molecule has 0 aliphatic heterocycles. The van der Waals surface area contributed by atoms with Crippen LogP contribution in [0.2, 0.25) is 0 Å². The minimum absolute atomic E-state index is 0.0138. The van der Waals surface area contributed by atoms with Crippen LogP contribution in [0, 0.1) is 5.92 Å². The summed E-state index contributed by atoms with van der Waals surface area (Å²) in [5, 5.41) is 0. The highest BCUT2D eigenvalue weighted by molar-refractivity contribution is 5.92. The summed E-state index contributed by atoms with van der Waals surface area (Å²) in [5.41, 5.74) is 0. The molecule has 0 bridgehead atoms. The number of hydrogen-bond donors (Lipinski definition) is 0. The maximum absolute atomic E-state index is 11.1. The average molecular weight is 158 g/mol. The lowest BCUT2D eigenvalue weighted by Crippen LogP contribution is -2.57. The monoisotopic (exact) mass is 158 g/mol. The Hall–Kier alpha value is -0.410. The van der Waals surface area contributed by atoms with Gasteiger partial charge >= 0.3 is 0 Å². The van der Waals surface area contributed by atoms with Crippen molar-refractivity contribution in [3.63, 3.8) is 0 Å². The zero-order valence-electron chi connectivity index (χ0n) is 7.16. The Balaban J connectivity index is 2.46. The summed E-state index contributed by atoms with van der Waals surface area (Å²) in [6.07, 6.45) is -0.331. The van der Waals surface area contributed by atoms with Crippen molar-refractivity contribution in [2.75, 3.05) is 13.7 Å². The first kappa shape index (κ1) is 8.68. The molecule has 0 N–H and O–H groups in total. The van der Waals surface area contributed by atoms with Crippen LogP contribution in [0.4, 0.5) is 0 Å². The van der Waals surface area contributed by atoms with Crippen molar-refractivity contribution < 1.29 is 14.3 Å². The molecule has 0 radical (unpaired) electrons. The van der Waals surface area contributed by atoms with Crippen LogP contribution in [0.5, 0.6) is 0 Å². The molecule has 0 aromatic heterocycles. The molecule has 1 fully saturated rings. The predicted molar refractivity (Wildman–Crippen MR) is 40.4 cm³/mol. The highest BCUT2D eigenvalue weighted by Gasteiger charge is 2.48. The first-order valence-electron chi connectivity index (χ1n) is 3.90. The second-order valence-electron chi connectivity index (χ2n) is 2.77. The molecule has 0 saturated heterocycles. The van der Waals surface area contributed by atoms with Crippen molar-refractivity contribution in [3.8, 4) is 0 Å². The van der Waals surface area contributed by atoms with E-state index in [2.05, 4.69) is 0 Å². The molecule has 0 spiro atoms. The van der Waals surface area contributed by atoms with Gasteiger partial charge < -0.3 is 9.47 Å². The van der Waals surface area contributed by atoms with Crippen LogP contribution in [0.1, 0.15) is 13.8 Å². The van der Waals surface area contributed by atoms with E-state index >= 15 is 0 Å². The molecule has 0 amide bonds. The third-order valence-corrected chi connectivity index (χ3v) is 2.13. The van der Waals surface area contributed by atoms with Gasteiger partial charge in [0.05, 0.1) is 0 Å². The fourth-order valence-corrected chi connectivity index (χ4v) is 1.40. The predicted octanol–water partition coefficient (Wildman–Crippen LogP) is 0.625. The zero-order chi connectivity index (χ0) is 8.43. The van der Waals surface area contributed by atoms with Crippen molar-refractivity contribution in [3.05, 3.63) is 0 Å². The number of ether oxygens (including phenoxy) is 2. The molecule has 0 aromatic carbocycles. The summed E-state index contributed by atoms with van der Waals surface area (Å²) >= 11 is 0. The SMILES string of the molecule is CCO[C@H]1[C@H](OC)C(=O)[C@@H]1C. The molecule has 0 heterocycles. The molecule has 3 nitrogen and oxygen atoms in total. The minimum atomic E-state index is -0.315. The van der Waals surface area contributed by atoms with Gasteiger partial charge in [0.15, 0.2) is 5.78 Å². The zero-order valence-corrected chi connectivity index (χ0v) is 7.16. The molecule has 11 heavy (non-hydrogen) atoms. The minimum Gasteiger partial charge on any atom is -0.375 e. The Kier molecular flexibility index (Phi) is 2.62. The van der Waals surface area contributed by atoms with Crippen molar-refractivity contribution in [1.82, 2.24) is 0 Å². The molecule has 1 saturated carbocycles. The van der Waals surface area contributed by atoms with Gasteiger partial charge in [0.1, 0.15) is 12.2 Å². The van der Waals surface area contributed by atoms with Gasteiger partial charge in [0.2, 0.25) is 0 Å². The van der Waals surface area contributed by atoms with E-state index in [0.29, 0.717) is 6.61 Å². The number of Topliss-reactive ketones (excluding diaryl/α,β-unsaturated/α-hetero) is 1. The normalized spacial score (nSPS) is 37.0. The summed E-state index contributed by atoms with van der Waals surface area (Å²) in [5.74, 6) is 0.172. The standard InChI is InChI=1S/C8H14O3/c1-4-11-7-5(2)6(9)8(7)10-3/h5,7-8H,4H2,1-3H3/t5-,7+,8+/m0/s1. The van der Waals surface area contributed by atoms with E-state index in [4.69, 9.17) is 9.47 Å². The van der Waals surface area contributed by atoms with Crippen molar-refractivity contribution in [2.45, 2.75) is 26.1 Å². The molecule has 1 aliphatic carbocycles. The van der Waals surface area contributed by atoms with Gasteiger partial charge in [-0.25, -0.2) is 0 Å². The summed E-state index contributed by atoms with van der Waals surface area (Å²) in [6, 6.07) is 0. The van der Waals surface area contributed by atoms with Crippen LogP contribution < -0.4 is 0 Å². The Labute approximate surface area is 66.7 Å². The molecule has 0 unspecified atom stereocenters. The Morgan fingerprint density at radius 2 is 2.18 bits per heavy atom. The van der Waals surface area contributed by atoms with Crippen LogP contribution in [-0.4, -0.2) is 31.7 Å². The third kappa shape index (κ3) is 1.30. The van der Waals surface area contributed by atoms with Crippen LogP contribution in [0.25, 0.3) is 0 Å². The lowest BCUT2D eigenvalue weighted by atomic mass is 9.78. The molecule has 64 valence electrons. The third-order valence-electron chi connectivity index (χ3n) is 2.13. The Morgan fingerprint density at radius 3 is 2.64 bits per heavy atom. The van der Waals surface area contributed by atoms with Crippen LogP contribution in [0.15, 0.2) is 0 Å². The summed E-state index contributed by atoms with van der Waals surface area (Å²) < 4.78 is 10.3. The highest BCUT2D eigenvalue weighted by atomic mass is 16.5. The van der Waals surface area contributed by atoms with Gasteiger partial charge in [-0.2, -0.15) is 0 Å². The first-order valence-corrected chi connectivity index (χ1v) is 3.90. The van der Waals surface area contributed by atoms with E-state index in [0.717, 1.165) is 0 Å². The fraction of sp³-hybridized carbons (Fsp3) is 0.875. The van der Waals surface area contributed by atoms with E-state index < -0.39 is 0 Å². The van der Waals surface area contributed by atoms with Gasteiger partial charge in [-0.1, -0.05) is 6.92 Å². The topological polar surface area (TPSA) is 35.5 Å². The van der Waals surface area contributed by atoms with Gasteiger partial charge in [-0.3, -0.25) is 4.79 Å². The molecular formula is C8H14O3. The lowest BCUT2D eigenvalue weighted by molar-refractivity contribution is -0.174. The fourth-order valence-electron chi connectivity index (χ4n) is 1.40. The first-order chi connectivity index (χ1) is 5.22. The van der Waals surface area contributed by atoms with E-state index in [1.807, 2.05) is 13.8 Å². The van der Waals surface area contributed by atoms with E-state index in [1.54, 1.807) is 7.11 Å². The second-order valence-corrected chi connectivity index (χ2v) is 2.77. The highest BCUT2D eigenvalue weighted by Crippen LogP contribution is 2.28. The maximum atomic E-state index is 11.1. The van der Waals surface area contributed by atoms with Gasteiger partial charge in [0.25, 0.3) is 0 Å². The molecule has 1 aliphatic rings. The molecule has 3 atom stereocenters. The molecule has 1 rings (SSSR count). The summed E-state index contributed by atoms with van der Waals surface area (Å²) in [6.45, 7) is 4.43. The smallest absolute Gasteiger partial charge is 0.169 e. The van der Waals surface area contributed by atoms with Crippen molar-refractivity contribution >= 4 is 5.78 Å². The molecule has 0 aromatic rings. The number of methoxy groups -OCH3 is 1. The van der Waals surface area contributed by atoms with E-state index in [9.17, 15) is 4.79 Å². The number of carbonyl (C=O) groups is 1. The Morgan fingerprint density at radius 1 is 1.55 bits per heavy atom. The molecule has 3 heteroatoms. The van der Waals surface area contributed by atoms with E-state index in [-0.39, 0.29) is 23.9 Å². The van der Waals surface area contributed by atoms with Crippen molar-refractivity contribution in [2.24, 2.45) is 5.92 Å². The van der Waals surface area contributed by atoms with Crippen LogP contribution in [-0.2, 0) is 14.3 Å². The number of carbonyl (C=O) groups excluding carboxylic acids is 1. The van der Waals surface area contributed by atoms with Gasteiger partial charge in [0, 0.05) is 19.6 Å². The van der Waals surface area contributed by atoms with Crippen LogP contribution in [0.3, 0.4) is 0 Å². The number of ketones is 1. The summed E-state index contributed by atoms with van der Waals surface area (Å²) in [7, 11) is 1.54. The largest absolute Gasteiger partial charge is 0.375 e. The Bertz CT molecular complexity index is 155. The summed E-state index contributed by atoms with van der Waals surface area (Å²) in [4.78, 5) is 11.1. The molecular weight excluding hydrogens is 144 g/mol. The van der Waals surface area contributed by atoms with Gasteiger partial charge in [-0.05, 0) is 6.92 Å². The van der Waals surface area contributed by atoms with E-state index in [1.165, 1.54) is 0 Å². The van der Waals surface area contributed by atoms with Crippen LogP contribution >= 0.6 is 0 Å². The van der Waals surface area contributed by atoms with Gasteiger partial charge in [-0.15, -0.1) is 0 Å². The number of hydrogen-bond acceptors (Lipinski definition) is 3. The quantitative estimate of drug-likeness (QED) is 0.604.